The first-order valence-corrected chi connectivity index (χ1v) is 13.2. The maximum atomic E-state index is 7.94. The number of hydrogen-bond donors (Lipinski definition) is 1. The van der Waals surface area contributed by atoms with Crippen LogP contribution >= 0.6 is 0 Å². The summed E-state index contributed by atoms with van der Waals surface area (Å²) in [6, 6.07) is 0. The van der Waals surface area contributed by atoms with Gasteiger partial charge in [0.05, 0.1) is 0 Å². The fraction of sp³-hybridized carbons (Fsp3) is 0.667. The molecular weight excluding hydrogens is 223 g/mol. The van der Waals surface area contributed by atoms with Crippen molar-refractivity contribution in [2.75, 3.05) is 6.61 Å². The monoisotopic (exact) mass is 238 g/mol. The molecule has 0 spiro atoms. The second-order valence-electron chi connectivity index (χ2n) is 3.06. The topological polar surface area (TPSA) is 29.5 Å². The third-order valence-electron chi connectivity index (χ3n) is 0.789. The zero-order valence-corrected chi connectivity index (χ0v) is 9.07. The van der Waals surface area contributed by atoms with Crippen LogP contribution in [0.4, 0.5) is 0 Å². The van der Waals surface area contributed by atoms with Crippen LogP contribution in [-0.2, 0) is 4.89 Å². The summed E-state index contributed by atoms with van der Waals surface area (Å²) in [6.45, 7) is 0.328. The van der Waals surface area contributed by atoms with E-state index < -0.39 is 18.4 Å². The summed E-state index contributed by atoms with van der Waals surface area (Å²) in [4.78, 5) is 10.8. The molecule has 0 heterocycles. The van der Waals surface area contributed by atoms with Crippen molar-refractivity contribution in [3.05, 3.63) is 10.2 Å². The summed E-state index contributed by atoms with van der Waals surface area (Å²) < 4.78 is 2.20. The van der Waals surface area contributed by atoms with Gasteiger partial charge in [-0.2, -0.15) is 0 Å². The van der Waals surface area contributed by atoms with Crippen LogP contribution in [0.3, 0.4) is 0 Å². The minimum atomic E-state index is -1.70. The Bertz CT molecular complexity index is 93.7. The Morgan fingerprint density at radius 3 is 2.33 bits per heavy atom. The van der Waals surface area contributed by atoms with E-state index in [0.29, 0.717) is 6.61 Å². The standard InChI is InChI=1S/C3H5O2.3CH3.Sn/c1-2-3-5-4;;;;/h1-2,4H,3H2;3*1H3;. The third kappa shape index (κ3) is 8.46. The van der Waals surface area contributed by atoms with Crippen LogP contribution in [0.25, 0.3) is 0 Å². The third-order valence-corrected chi connectivity index (χ3v) is 4.32. The van der Waals surface area contributed by atoms with Gasteiger partial charge in [0.15, 0.2) is 0 Å². The Morgan fingerprint density at radius 2 is 2.00 bits per heavy atom. The molecule has 0 aromatic carbocycles. The van der Waals surface area contributed by atoms with Crippen molar-refractivity contribution < 1.29 is 10.1 Å². The van der Waals surface area contributed by atoms with Gasteiger partial charge in [0.1, 0.15) is 0 Å². The molecule has 0 aromatic heterocycles. The molecule has 0 aliphatic carbocycles. The van der Waals surface area contributed by atoms with E-state index in [1.165, 1.54) is 0 Å². The van der Waals surface area contributed by atoms with E-state index in [4.69, 9.17) is 5.26 Å². The van der Waals surface area contributed by atoms with E-state index in [1.54, 1.807) is 0 Å². The first kappa shape index (κ1) is 9.46. The molecule has 9 heavy (non-hydrogen) atoms. The zero-order valence-electron chi connectivity index (χ0n) is 6.22. The molecule has 0 unspecified atom stereocenters. The van der Waals surface area contributed by atoms with Gasteiger partial charge in [0.25, 0.3) is 0 Å². The molecule has 0 rings (SSSR count). The molecule has 0 saturated heterocycles. The van der Waals surface area contributed by atoms with Gasteiger partial charge in [0, 0.05) is 0 Å². The van der Waals surface area contributed by atoms with Crippen LogP contribution in [0.1, 0.15) is 0 Å². The Morgan fingerprint density at radius 1 is 1.44 bits per heavy atom. The van der Waals surface area contributed by atoms with E-state index in [9.17, 15) is 0 Å². The molecule has 0 bridgehead atoms. The van der Waals surface area contributed by atoms with Crippen LogP contribution in [0, 0.1) is 0 Å². The van der Waals surface area contributed by atoms with Crippen molar-refractivity contribution >= 4 is 18.4 Å². The van der Waals surface area contributed by atoms with Gasteiger partial charge in [-0.05, 0) is 0 Å². The van der Waals surface area contributed by atoms with Crippen LogP contribution in [-0.4, -0.2) is 30.2 Å². The van der Waals surface area contributed by atoms with Gasteiger partial charge in [-0.25, -0.2) is 0 Å². The van der Waals surface area contributed by atoms with E-state index in [2.05, 4.69) is 23.8 Å². The van der Waals surface area contributed by atoms with Crippen molar-refractivity contribution in [1.82, 2.24) is 0 Å². The van der Waals surface area contributed by atoms with Crippen molar-refractivity contribution in [3.8, 4) is 0 Å². The van der Waals surface area contributed by atoms with Gasteiger partial charge >= 0.3 is 60.1 Å². The average Bonchev–Trinajstić information content (AvgIpc) is 1.63. The molecule has 1 N–H and O–H groups in total. The van der Waals surface area contributed by atoms with Gasteiger partial charge in [-0.1, -0.05) is 0 Å². The minimum absolute atomic E-state index is 0.328. The first-order chi connectivity index (χ1) is 4.06. The second-order valence-corrected chi connectivity index (χ2v) is 17.5. The van der Waals surface area contributed by atoms with Crippen LogP contribution in [0.5, 0.6) is 0 Å². The Labute approximate surface area is 60.3 Å². The quantitative estimate of drug-likeness (QED) is 0.461. The summed E-state index contributed by atoms with van der Waals surface area (Å²) >= 11 is -1.70. The molecule has 0 fully saturated rings. The van der Waals surface area contributed by atoms with Crippen molar-refractivity contribution in [2.24, 2.45) is 0 Å². The first-order valence-electron chi connectivity index (χ1n) is 3.00. The predicted octanol–water partition coefficient (Wildman–Crippen LogP) is 1.91. The average molecular weight is 237 g/mol. The van der Waals surface area contributed by atoms with Gasteiger partial charge in [0.2, 0.25) is 0 Å². The fourth-order valence-corrected chi connectivity index (χ4v) is 2.74. The summed E-state index contributed by atoms with van der Waals surface area (Å²) in [7, 11) is 0. The van der Waals surface area contributed by atoms with Crippen LogP contribution < -0.4 is 0 Å². The Hall–Kier alpha value is 0.459. The van der Waals surface area contributed by atoms with Crippen molar-refractivity contribution in [2.45, 2.75) is 14.8 Å². The Kier molecular flexibility index (Phi) is 4.52. The van der Waals surface area contributed by atoms with Crippen LogP contribution in [0.2, 0.25) is 14.8 Å². The molecule has 3 heteroatoms. The zero-order chi connectivity index (χ0) is 7.33. The summed E-state index contributed by atoms with van der Waals surface area (Å²) in [5, 5.41) is 7.94. The van der Waals surface area contributed by atoms with Gasteiger partial charge in [-0.15, -0.1) is 0 Å². The van der Waals surface area contributed by atoms with Crippen molar-refractivity contribution in [1.29, 1.82) is 0 Å². The second kappa shape index (κ2) is 4.30. The molecule has 0 atom stereocenters. The normalized spacial score (nSPS) is 12.9. The number of hydrogen-bond acceptors (Lipinski definition) is 2. The van der Waals surface area contributed by atoms with E-state index in [0.717, 1.165) is 0 Å². The molecule has 2 nitrogen and oxygen atoms in total. The molecule has 54 valence electrons. The van der Waals surface area contributed by atoms with E-state index in [1.807, 2.05) is 6.08 Å². The van der Waals surface area contributed by atoms with Crippen molar-refractivity contribution in [3.63, 3.8) is 0 Å². The molecule has 0 aliphatic rings. The van der Waals surface area contributed by atoms with E-state index in [-0.39, 0.29) is 0 Å². The van der Waals surface area contributed by atoms with Gasteiger partial charge in [-0.3, -0.25) is 0 Å². The SMILES string of the molecule is [CH3][Sn]([CH3])([CH3])/[CH]=C\COO. The fourth-order valence-electron chi connectivity index (χ4n) is 0.445. The number of rotatable bonds is 3. The summed E-state index contributed by atoms with van der Waals surface area (Å²) in [6.07, 6.45) is 1.88. The predicted molar refractivity (Wildman–Crippen MR) is 41.1 cm³/mol. The maximum absolute atomic E-state index is 7.94. The van der Waals surface area contributed by atoms with Gasteiger partial charge < -0.3 is 0 Å². The molecule has 0 radical (unpaired) electrons. The molecule has 0 saturated carbocycles. The molecule has 0 aliphatic heterocycles. The summed E-state index contributed by atoms with van der Waals surface area (Å²) in [5.41, 5.74) is 0. The molecular formula is C6H14O2Sn. The molecule has 0 aromatic rings. The van der Waals surface area contributed by atoms with Crippen LogP contribution in [0.15, 0.2) is 10.2 Å². The molecule has 0 amide bonds. The van der Waals surface area contributed by atoms with E-state index >= 15 is 0 Å². The Balaban J connectivity index is 3.45. The summed E-state index contributed by atoms with van der Waals surface area (Å²) in [5.74, 6) is 0.